The van der Waals surface area contributed by atoms with Gasteiger partial charge in [0.15, 0.2) is 0 Å². The minimum Gasteiger partial charge on any atom is -0.481 e. The number of nitrogens with zero attached hydrogens (tertiary/aromatic N) is 1. The monoisotopic (exact) mass is 278 g/mol. The summed E-state index contributed by atoms with van der Waals surface area (Å²) in [5, 5.41) is 11.6. The molecule has 0 fully saturated rings. The third kappa shape index (κ3) is 4.57. The first-order valence-corrected chi connectivity index (χ1v) is 6.58. The maximum Gasteiger partial charge on any atom is 0.322 e. The van der Waals surface area contributed by atoms with Crippen LogP contribution >= 0.6 is 0 Å². The highest BCUT2D eigenvalue weighted by Crippen LogP contribution is 2.18. The van der Waals surface area contributed by atoms with Gasteiger partial charge in [-0.25, -0.2) is 4.79 Å². The van der Waals surface area contributed by atoms with Crippen LogP contribution in [0.25, 0.3) is 0 Å². The second-order valence-corrected chi connectivity index (χ2v) is 5.71. The lowest BCUT2D eigenvalue weighted by atomic mass is 10.1. The standard InChI is InChI=1S/C15H22N2O3/c1-11-7-5-6-8-12(11)16-14(20)17(15(2,3)4)10-9-13(18)19/h5-8H,9-10H2,1-4H3,(H,16,20)(H,18,19). The van der Waals surface area contributed by atoms with Gasteiger partial charge in [-0.05, 0) is 39.3 Å². The Morgan fingerprint density at radius 2 is 1.85 bits per heavy atom. The Morgan fingerprint density at radius 3 is 2.35 bits per heavy atom. The summed E-state index contributed by atoms with van der Waals surface area (Å²) >= 11 is 0. The molecule has 0 bridgehead atoms. The number of aliphatic carboxylic acids is 1. The van der Waals surface area contributed by atoms with E-state index in [2.05, 4.69) is 5.32 Å². The molecule has 0 atom stereocenters. The zero-order chi connectivity index (χ0) is 15.3. The summed E-state index contributed by atoms with van der Waals surface area (Å²) in [4.78, 5) is 24.6. The van der Waals surface area contributed by atoms with Crippen LogP contribution in [0.4, 0.5) is 10.5 Å². The highest BCUT2D eigenvalue weighted by molar-refractivity contribution is 5.90. The van der Waals surface area contributed by atoms with Crippen LogP contribution in [-0.4, -0.2) is 34.1 Å². The number of para-hydroxylation sites is 1. The molecule has 0 saturated heterocycles. The van der Waals surface area contributed by atoms with Crippen LogP contribution in [0.5, 0.6) is 0 Å². The number of amides is 2. The van der Waals surface area contributed by atoms with E-state index in [0.717, 1.165) is 11.3 Å². The predicted octanol–water partition coefficient (Wildman–Crippen LogP) is 3.10. The second kappa shape index (κ2) is 6.41. The number of benzene rings is 1. The Balaban J connectivity index is 2.83. The van der Waals surface area contributed by atoms with E-state index in [1.165, 1.54) is 4.90 Å². The Bertz CT molecular complexity index is 492. The fourth-order valence-corrected chi connectivity index (χ4v) is 1.84. The smallest absolute Gasteiger partial charge is 0.322 e. The lowest BCUT2D eigenvalue weighted by Gasteiger charge is -2.35. The number of hydrogen-bond acceptors (Lipinski definition) is 2. The third-order valence-corrected chi connectivity index (χ3v) is 2.99. The van der Waals surface area contributed by atoms with Gasteiger partial charge in [0.05, 0.1) is 6.42 Å². The molecule has 0 unspecified atom stereocenters. The van der Waals surface area contributed by atoms with Crippen molar-refractivity contribution in [1.82, 2.24) is 4.90 Å². The minimum absolute atomic E-state index is 0.0710. The summed E-state index contributed by atoms with van der Waals surface area (Å²) in [6.07, 6.45) is -0.0710. The molecule has 2 amide bonds. The third-order valence-electron chi connectivity index (χ3n) is 2.99. The SMILES string of the molecule is Cc1ccccc1NC(=O)N(CCC(=O)O)C(C)(C)C. The van der Waals surface area contributed by atoms with Crippen molar-refractivity contribution in [3.63, 3.8) is 0 Å². The van der Waals surface area contributed by atoms with E-state index in [4.69, 9.17) is 5.11 Å². The van der Waals surface area contributed by atoms with E-state index < -0.39 is 11.5 Å². The summed E-state index contributed by atoms with van der Waals surface area (Å²) in [5.74, 6) is -0.914. The highest BCUT2D eigenvalue weighted by Gasteiger charge is 2.27. The van der Waals surface area contributed by atoms with Crippen molar-refractivity contribution in [2.45, 2.75) is 39.7 Å². The van der Waals surface area contributed by atoms with Crippen LogP contribution in [0.15, 0.2) is 24.3 Å². The number of hydrogen-bond donors (Lipinski definition) is 2. The van der Waals surface area contributed by atoms with Crippen LogP contribution in [-0.2, 0) is 4.79 Å². The number of carboxylic acids is 1. The Kier molecular flexibility index (Phi) is 5.13. The lowest BCUT2D eigenvalue weighted by molar-refractivity contribution is -0.137. The number of anilines is 1. The summed E-state index contributed by atoms with van der Waals surface area (Å²) in [6.45, 7) is 7.73. The lowest BCUT2D eigenvalue weighted by Crippen LogP contribution is -2.48. The van der Waals surface area contributed by atoms with Gasteiger partial charge in [0.1, 0.15) is 0 Å². The van der Waals surface area contributed by atoms with Crippen LogP contribution in [0, 0.1) is 6.92 Å². The van der Waals surface area contributed by atoms with Crippen LogP contribution < -0.4 is 5.32 Å². The maximum absolute atomic E-state index is 12.3. The van der Waals surface area contributed by atoms with E-state index in [1.54, 1.807) is 0 Å². The summed E-state index contributed by atoms with van der Waals surface area (Å²) < 4.78 is 0. The van der Waals surface area contributed by atoms with E-state index in [-0.39, 0.29) is 19.0 Å². The molecule has 5 nitrogen and oxygen atoms in total. The van der Waals surface area contributed by atoms with Gasteiger partial charge < -0.3 is 15.3 Å². The van der Waals surface area contributed by atoms with Gasteiger partial charge >= 0.3 is 12.0 Å². The van der Waals surface area contributed by atoms with Gasteiger partial charge in [0, 0.05) is 17.8 Å². The zero-order valence-electron chi connectivity index (χ0n) is 12.4. The molecule has 0 heterocycles. The number of carbonyl (C=O) groups is 2. The van der Waals surface area contributed by atoms with E-state index in [1.807, 2.05) is 52.0 Å². The number of nitrogens with one attached hydrogen (secondary N) is 1. The summed E-state index contributed by atoms with van der Waals surface area (Å²) in [6, 6.07) is 7.20. The molecule has 0 aliphatic carbocycles. The van der Waals surface area contributed by atoms with Crippen molar-refractivity contribution in [2.24, 2.45) is 0 Å². The molecule has 20 heavy (non-hydrogen) atoms. The molecule has 0 spiro atoms. The van der Waals surface area contributed by atoms with Crippen molar-refractivity contribution in [2.75, 3.05) is 11.9 Å². The molecular weight excluding hydrogens is 256 g/mol. The van der Waals surface area contributed by atoms with Crippen molar-refractivity contribution in [3.05, 3.63) is 29.8 Å². The molecule has 0 aromatic heterocycles. The predicted molar refractivity (Wildman–Crippen MR) is 78.9 cm³/mol. The van der Waals surface area contributed by atoms with Crippen LogP contribution in [0.3, 0.4) is 0 Å². The average molecular weight is 278 g/mol. The molecule has 2 N–H and O–H groups in total. The average Bonchev–Trinajstić information content (AvgIpc) is 2.30. The highest BCUT2D eigenvalue weighted by atomic mass is 16.4. The largest absolute Gasteiger partial charge is 0.481 e. The summed E-state index contributed by atoms with van der Waals surface area (Å²) in [5.41, 5.74) is 1.26. The number of rotatable bonds is 4. The number of aryl methyl sites for hydroxylation is 1. The topological polar surface area (TPSA) is 69.6 Å². The normalized spacial score (nSPS) is 11.0. The van der Waals surface area contributed by atoms with Crippen molar-refractivity contribution < 1.29 is 14.7 Å². The van der Waals surface area contributed by atoms with Crippen LogP contribution in [0.1, 0.15) is 32.8 Å². The fraction of sp³-hybridized carbons (Fsp3) is 0.467. The maximum atomic E-state index is 12.3. The first-order valence-electron chi connectivity index (χ1n) is 6.58. The van der Waals surface area contributed by atoms with E-state index in [9.17, 15) is 9.59 Å². The number of carboxylic acid groups (broad SMARTS) is 1. The first kappa shape index (κ1) is 16.0. The first-order chi connectivity index (χ1) is 9.21. The Morgan fingerprint density at radius 1 is 1.25 bits per heavy atom. The molecule has 1 rings (SSSR count). The van der Waals surface area contributed by atoms with Crippen molar-refractivity contribution >= 4 is 17.7 Å². The van der Waals surface area contributed by atoms with Gasteiger partial charge in [-0.15, -0.1) is 0 Å². The Hall–Kier alpha value is -2.04. The molecule has 0 aliphatic heterocycles. The number of urea groups is 1. The zero-order valence-corrected chi connectivity index (χ0v) is 12.4. The van der Waals surface area contributed by atoms with E-state index in [0.29, 0.717) is 0 Å². The molecule has 0 aliphatic rings. The van der Waals surface area contributed by atoms with Crippen molar-refractivity contribution in [1.29, 1.82) is 0 Å². The molecule has 110 valence electrons. The fourth-order valence-electron chi connectivity index (χ4n) is 1.84. The Labute approximate surface area is 119 Å². The molecule has 0 radical (unpaired) electrons. The van der Waals surface area contributed by atoms with Gasteiger partial charge in [0.25, 0.3) is 0 Å². The molecule has 5 heteroatoms. The van der Waals surface area contributed by atoms with Crippen LogP contribution in [0.2, 0.25) is 0 Å². The number of carbonyl (C=O) groups excluding carboxylic acids is 1. The second-order valence-electron chi connectivity index (χ2n) is 5.71. The minimum atomic E-state index is -0.914. The van der Waals surface area contributed by atoms with Gasteiger partial charge in [-0.2, -0.15) is 0 Å². The molecule has 0 saturated carbocycles. The van der Waals surface area contributed by atoms with Gasteiger partial charge in [-0.1, -0.05) is 18.2 Å². The summed E-state index contributed by atoms with van der Waals surface area (Å²) in [7, 11) is 0. The van der Waals surface area contributed by atoms with E-state index >= 15 is 0 Å². The van der Waals surface area contributed by atoms with Gasteiger partial charge in [-0.3, -0.25) is 4.79 Å². The molecule has 1 aromatic rings. The molecular formula is C15H22N2O3. The molecule has 1 aromatic carbocycles. The quantitative estimate of drug-likeness (QED) is 0.889. The van der Waals surface area contributed by atoms with Crippen molar-refractivity contribution in [3.8, 4) is 0 Å². The van der Waals surface area contributed by atoms with Gasteiger partial charge in [0.2, 0.25) is 0 Å².